The Balaban J connectivity index is 1.89. The van der Waals surface area contributed by atoms with Gasteiger partial charge in [-0.05, 0) is 23.8 Å². The standard InChI is InChI=1S/C13H14FN3O2/c1-17-8-9(7-16-17)4-5-19-13(18)10-2-3-12(15)11(14)6-10/h2-3,6-8H,4-5,15H2,1H3. The van der Waals surface area contributed by atoms with Crippen LogP contribution in [0.15, 0.2) is 30.6 Å². The monoisotopic (exact) mass is 263 g/mol. The van der Waals surface area contributed by atoms with Gasteiger partial charge in [-0.15, -0.1) is 0 Å². The molecular formula is C13H14FN3O2. The number of nitrogens with zero attached hydrogens (tertiary/aromatic N) is 2. The maximum absolute atomic E-state index is 13.2. The summed E-state index contributed by atoms with van der Waals surface area (Å²) < 4.78 is 19.9. The Morgan fingerprint density at radius 3 is 2.95 bits per heavy atom. The number of carbonyl (C=O) groups excluding carboxylic acids is 1. The highest BCUT2D eigenvalue weighted by Gasteiger charge is 2.09. The number of nitrogens with two attached hydrogens (primary N) is 1. The molecule has 0 amide bonds. The maximum atomic E-state index is 13.2. The van der Waals surface area contributed by atoms with Crippen molar-refractivity contribution in [1.82, 2.24) is 9.78 Å². The lowest BCUT2D eigenvalue weighted by molar-refractivity contribution is 0.0509. The number of esters is 1. The van der Waals surface area contributed by atoms with Crippen LogP contribution in [0.1, 0.15) is 15.9 Å². The average Bonchev–Trinajstić information content (AvgIpc) is 2.78. The molecule has 0 atom stereocenters. The van der Waals surface area contributed by atoms with Gasteiger partial charge in [0.2, 0.25) is 0 Å². The van der Waals surface area contributed by atoms with Crippen LogP contribution < -0.4 is 5.73 Å². The minimum absolute atomic E-state index is 0.00640. The Hall–Kier alpha value is -2.37. The summed E-state index contributed by atoms with van der Waals surface area (Å²) in [5.41, 5.74) is 6.46. The lowest BCUT2D eigenvalue weighted by Gasteiger charge is -2.04. The van der Waals surface area contributed by atoms with Gasteiger partial charge in [0.1, 0.15) is 5.82 Å². The fourth-order valence-corrected chi connectivity index (χ4v) is 1.60. The van der Waals surface area contributed by atoms with Crippen molar-refractivity contribution in [2.24, 2.45) is 7.05 Å². The molecule has 2 rings (SSSR count). The van der Waals surface area contributed by atoms with E-state index in [1.807, 2.05) is 13.2 Å². The number of hydrogen-bond donors (Lipinski definition) is 1. The first-order valence-electron chi connectivity index (χ1n) is 5.76. The summed E-state index contributed by atoms with van der Waals surface area (Å²) in [4.78, 5) is 11.7. The van der Waals surface area contributed by atoms with Gasteiger partial charge in [0.05, 0.1) is 24.1 Å². The molecule has 0 aliphatic heterocycles. The van der Waals surface area contributed by atoms with Gasteiger partial charge in [-0.1, -0.05) is 0 Å². The average molecular weight is 263 g/mol. The molecule has 100 valence electrons. The number of anilines is 1. The molecule has 1 aromatic heterocycles. The van der Waals surface area contributed by atoms with Gasteiger partial charge in [0, 0.05) is 19.7 Å². The van der Waals surface area contributed by atoms with E-state index in [0.29, 0.717) is 6.42 Å². The van der Waals surface area contributed by atoms with Crippen molar-refractivity contribution >= 4 is 11.7 Å². The van der Waals surface area contributed by atoms with Crippen LogP contribution in [0.25, 0.3) is 0 Å². The molecule has 6 heteroatoms. The molecule has 0 spiro atoms. The molecule has 2 aromatic rings. The number of rotatable bonds is 4. The SMILES string of the molecule is Cn1cc(CCOC(=O)c2ccc(N)c(F)c2)cn1. The molecule has 0 aliphatic carbocycles. The fourth-order valence-electron chi connectivity index (χ4n) is 1.60. The summed E-state index contributed by atoms with van der Waals surface area (Å²) in [6.07, 6.45) is 4.12. The first kappa shape index (κ1) is 13.1. The van der Waals surface area contributed by atoms with Gasteiger partial charge in [0.25, 0.3) is 0 Å². The number of aromatic nitrogens is 2. The second kappa shape index (κ2) is 5.51. The van der Waals surface area contributed by atoms with Gasteiger partial charge >= 0.3 is 5.97 Å². The summed E-state index contributed by atoms with van der Waals surface area (Å²) in [7, 11) is 1.81. The highest BCUT2D eigenvalue weighted by Crippen LogP contribution is 2.13. The Kier molecular flexibility index (Phi) is 3.79. The van der Waals surface area contributed by atoms with E-state index in [-0.39, 0.29) is 17.9 Å². The summed E-state index contributed by atoms with van der Waals surface area (Å²) in [6, 6.07) is 3.85. The highest BCUT2D eigenvalue weighted by atomic mass is 19.1. The lowest BCUT2D eigenvalue weighted by atomic mass is 10.2. The Morgan fingerprint density at radius 1 is 1.53 bits per heavy atom. The van der Waals surface area contributed by atoms with Crippen LogP contribution in [0.5, 0.6) is 0 Å². The van der Waals surface area contributed by atoms with Crippen LogP contribution in [0.3, 0.4) is 0 Å². The Bertz CT molecular complexity index is 595. The van der Waals surface area contributed by atoms with Crippen molar-refractivity contribution in [2.45, 2.75) is 6.42 Å². The molecule has 5 nitrogen and oxygen atoms in total. The van der Waals surface area contributed by atoms with E-state index in [4.69, 9.17) is 10.5 Å². The zero-order valence-electron chi connectivity index (χ0n) is 10.5. The minimum atomic E-state index is -0.623. The van der Waals surface area contributed by atoms with Gasteiger partial charge in [-0.2, -0.15) is 5.10 Å². The zero-order valence-corrected chi connectivity index (χ0v) is 10.5. The largest absolute Gasteiger partial charge is 0.462 e. The van der Waals surface area contributed by atoms with Crippen LogP contribution >= 0.6 is 0 Å². The summed E-state index contributed by atoms with van der Waals surface area (Å²) in [5, 5.41) is 4.01. The highest BCUT2D eigenvalue weighted by molar-refractivity contribution is 5.89. The van der Waals surface area contributed by atoms with Crippen LogP contribution in [-0.2, 0) is 18.2 Å². The Labute approximate surface area is 109 Å². The molecule has 1 heterocycles. The molecule has 0 fully saturated rings. The predicted octanol–water partition coefficient (Wildman–Crippen LogP) is 1.54. The fraction of sp³-hybridized carbons (Fsp3) is 0.231. The molecule has 2 N–H and O–H groups in total. The first-order valence-corrected chi connectivity index (χ1v) is 5.76. The predicted molar refractivity (Wildman–Crippen MR) is 68.0 cm³/mol. The van der Waals surface area contributed by atoms with E-state index in [2.05, 4.69) is 5.10 Å². The summed E-state index contributed by atoms with van der Waals surface area (Å²) in [6.45, 7) is 0.219. The number of hydrogen-bond acceptors (Lipinski definition) is 4. The van der Waals surface area contributed by atoms with Crippen LogP contribution in [0, 0.1) is 5.82 Å². The van der Waals surface area contributed by atoms with E-state index >= 15 is 0 Å². The third kappa shape index (κ3) is 3.31. The molecule has 1 aromatic carbocycles. The second-order valence-electron chi connectivity index (χ2n) is 4.14. The number of halogens is 1. The van der Waals surface area contributed by atoms with E-state index < -0.39 is 11.8 Å². The van der Waals surface area contributed by atoms with Crippen molar-refractivity contribution < 1.29 is 13.9 Å². The van der Waals surface area contributed by atoms with Crippen molar-refractivity contribution in [3.8, 4) is 0 Å². The molecular weight excluding hydrogens is 249 g/mol. The normalized spacial score (nSPS) is 10.4. The van der Waals surface area contributed by atoms with Gasteiger partial charge in [0.15, 0.2) is 0 Å². The molecule has 0 radical (unpaired) electrons. The molecule has 0 bridgehead atoms. The smallest absolute Gasteiger partial charge is 0.338 e. The van der Waals surface area contributed by atoms with Gasteiger partial charge in [-0.3, -0.25) is 4.68 Å². The number of benzene rings is 1. The van der Waals surface area contributed by atoms with Gasteiger partial charge < -0.3 is 10.5 Å². The van der Waals surface area contributed by atoms with Crippen molar-refractivity contribution in [3.63, 3.8) is 0 Å². The minimum Gasteiger partial charge on any atom is -0.462 e. The molecule has 0 saturated heterocycles. The second-order valence-corrected chi connectivity index (χ2v) is 4.14. The topological polar surface area (TPSA) is 70.1 Å². The third-order valence-electron chi connectivity index (χ3n) is 2.62. The van der Waals surface area contributed by atoms with Crippen molar-refractivity contribution in [2.75, 3.05) is 12.3 Å². The van der Waals surface area contributed by atoms with Crippen molar-refractivity contribution in [3.05, 3.63) is 47.5 Å². The van der Waals surface area contributed by atoms with Gasteiger partial charge in [-0.25, -0.2) is 9.18 Å². The number of nitrogen functional groups attached to an aromatic ring is 1. The molecule has 0 unspecified atom stereocenters. The van der Waals surface area contributed by atoms with Crippen LogP contribution in [-0.4, -0.2) is 22.4 Å². The summed E-state index contributed by atoms with van der Waals surface area (Å²) in [5.74, 6) is -1.19. The number of carbonyl (C=O) groups is 1. The third-order valence-corrected chi connectivity index (χ3v) is 2.62. The van der Waals surface area contributed by atoms with E-state index in [9.17, 15) is 9.18 Å². The molecule has 19 heavy (non-hydrogen) atoms. The number of ether oxygens (including phenoxy) is 1. The summed E-state index contributed by atoms with van der Waals surface area (Å²) >= 11 is 0. The van der Waals surface area contributed by atoms with Crippen LogP contribution in [0.4, 0.5) is 10.1 Å². The zero-order chi connectivity index (χ0) is 13.8. The lowest BCUT2D eigenvalue weighted by Crippen LogP contribution is -2.08. The van der Waals surface area contributed by atoms with Crippen molar-refractivity contribution in [1.29, 1.82) is 0 Å². The van der Waals surface area contributed by atoms with E-state index in [1.54, 1.807) is 10.9 Å². The van der Waals surface area contributed by atoms with E-state index in [0.717, 1.165) is 11.6 Å². The Morgan fingerprint density at radius 2 is 2.32 bits per heavy atom. The van der Waals surface area contributed by atoms with E-state index in [1.165, 1.54) is 12.1 Å². The number of aryl methyl sites for hydroxylation is 1. The quantitative estimate of drug-likeness (QED) is 0.671. The molecule has 0 saturated carbocycles. The maximum Gasteiger partial charge on any atom is 0.338 e. The molecule has 0 aliphatic rings. The van der Waals surface area contributed by atoms with Crippen LogP contribution in [0.2, 0.25) is 0 Å². The first-order chi connectivity index (χ1) is 9.06.